The minimum Gasteiger partial charge on any atom is -0.352 e. The lowest BCUT2D eigenvalue weighted by atomic mass is 10.2. The molecule has 1 amide bonds. The van der Waals surface area contributed by atoms with Crippen LogP contribution in [0.15, 0.2) is 17.5 Å². The maximum Gasteiger partial charge on any atom is 0.237 e. The summed E-state index contributed by atoms with van der Waals surface area (Å²) in [5, 5.41) is 8.50. The van der Waals surface area contributed by atoms with Crippen molar-refractivity contribution in [2.45, 2.75) is 51.1 Å². The standard InChI is InChI=1S/C14H22N2OS/c1-11(14(17)16-12-5-2-3-6-12)15-9-8-13-7-4-10-18-13/h4,7,10-12,15H,2-3,5-6,8-9H2,1H3,(H,16,17). The molecule has 0 bridgehead atoms. The summed E-state index contributed by atoms with van der Waals surface area (Å²) in [6, 6.07) is 4.52. The highest BCUT2D eigenvalue weighted by Crippen LogP contribution is 2.17. The summed E-state index contributed by atoms with van der Waals surface area (Å²) < 4.78 is 0. The molecule has 1 aliphatic rings. The molecule has 2 rings (SSSR count). The van der Waals surface area contributed by atoms with E-state index in [1.165, 1.54) is 17.7 Å². The van der Waals surface area contributed by atoms with Crippen molar-refractivity contribution in [3.63, 3.8) is 0 Å². The van der Waals surface area contributed by atoms with Gasteiger partial charge in [-0.2, -0.15) is 0 Å². The van der Waals surface area contributed by atoms with E-state index in [1.807, 2.05) is 6.92 Å². The first kappa shape index (κ1) is 13.6. The van der Waals surface area contributed by atoms with Gasteiger partial charge in [-0.1, -0.05) is 18.9 Å². The lowest BCUT2D eigenvalue weighted by molar-refractivity contribution is -0.123. The first-order chi connectivity index (χ1) is 8.75. The molecule has 1 atom stereocenters. The minimum atomic E-state index is -0.0921. The van der Waals surface area contributed by atoms with Crippen LogP contribution in [-0.2, 0) is 11.2 Å². The Morgan fingerprint density at radius 3 is 2.94 bits per heavy atom. The van der Waals surface area contributed by atoms with Crippen molar-refractivity contribution in [2.24, 2.45) is 0 Å². The molecule has 1 fully saturated rings. The van der Waals surface area contributed by atoms with Gasteiger partial charge in [0.15, 0.2) is 0 Å². The summed E-state index contributed by atoms with van der Waals surface area (Å²) in [4.78, 5) is 13.3. The molecular formula is C14H22N2OS. The highest BCUT2D eigenvalue weighted by molar-refractivity contribution is 7.09. The van der Waals surface area contributed by atoms with Crippen LogP contribution in [-0.4, -0.2) is 24.5 Å². The number of hydrogen-bond donors (Lipinski definition) is 2. The third kappa shape index (κ3) is 4.10. The van der Waals surface area contributed by atoms with Crippen molar-refractivity contribution in [3.8, 4) is 0 Å². The predicted molar refractivity (Wildman–Crippen MR) is 75.9 cm³/mol. The molecule has 0 aliphatic heterocycles. The highest BCUT2D eigenvalue weighted by Gasteiger charge is 2.19. The lowest BCUT2D eigenvalue weighted by Gasteiger charge is -2.17. The van der Waals surface area contributed by atoms with E-state index in [-0.39, 0.29) is 11.9 Å². The van der Waals surface area contributed by atoms with Crippen molar-refractivity contribution in [3.05, 3.63) is 22.4 Å². The third-order valence-corrected chi connectivity index (χ3v) is 4.43. The van der Waals surface area contributed by atoms with Crippen LogP contribution < -0.4 is 10.6 Å². The Hall–Kier alpha value is -0.870. The van der Waals surface area contributed by atoms with E-state index >= 15 is 0 Å². The van der Waals surface area contributed by atoms with Gasteiger partial charge in [-0.15, -0.1) is 11.3 Å². The van der Waals surface area contributed by atoms with Crippen molar-refractivity contribution < 1.29 is 4.79 Å². The zero-order valence-corrected chi connectivity index (χ0v) is 11.8. The molecule has 0 spiro atoms. The van der Waals surface area contributed by atoms with Crippen LogP contribution in [0.4, 0.5) is 0 Å². The SMILES string of the molecule is CC(NCCc1cccs1)C(=O)NC1CCCC1. The van der Waals surface area contributed by atoms with E-state index in [2.05, 4.69) is 28.1 Å². The molecule has 18 heavy (non-hydrogen) atoms. The van der Waals surface area contributed by atoms with Crippen molar-refractivity contribution in [1.29, 1.82) is 0 Å². The van der Waals surface area contributed by atoms with E-state index in [0.29, 0.717) is 6.04 Å². The van der Waals surface area contributed by atoms with E-state index < -0.39 is 0 Å². The van der Waals surface area contributed by atoms with Gasteiger partial charge in [0.2, 0.25) is 5.91 Å². The Morgan fingerprint density at radius 1 is 1.50 bits per heavy atom. The average molecular weight is 266 g/mol. The fourth-order valence-electron chi connectivity index (χ4n) is 2.36. The van der Waals surface area contributed by atoms with Crippen LogP contribution >= 0.6 is 11.3 Å². The zero-order chi connectivity index (χ0) is 12.8. The normalized spacial score (nSPS) is 17.8. The van der Waals surface area contributed by atoms with Gasteiger partial charge in [-0.3, -0.25) is 4.79 Å². The van der Waals surface area contributed by atoms with Gasteiger partial charge >= 0.3 is 0 Å². The molecule has 4 heteroatoms. The average Bonchev–Trinajstić information content (AvgIpc) is 3.01. The topological polar surface area (TPSA) is 41.1 Å². The van der Waals surface area contributed by atoms with E-state index in [1.54, 1.807) is 11.3 Å². The second-order valence-corrected chi connectivity index (χ2v) is 6.03. The fraction of sp³-hybridized carbons (Fsp3) is 0.643. The van der Waals surface area contributed by atoms with Crippen LogP contribution in [0, 0.1) is 0 Å². The van der Waals surface area contributed by atoms with Crippen LogP contribution in [0.1, 0.15) is 37.5 Å². The molecule has 1 aromatic rings. The number of amides is 1. The quantitative estimate of drug-likeness (QED) is 0.829. The molecule has 100 valence electrons. The first-order valence-electron chi connectivity index (χ1n) is 6.82. The largest absolute Gasteiger partial charge is 0.352 e. The Balaban J connectivity index is 1.63. The molecule has 0 saturated heterocycles. The highest BCUT2D eigenvalue weighted by atomic mass is 32.1. The number of hydrogen-bond acceptors (Lipinski definition) is 3. The molecule has 1 unspecified atom stereocenters. The summed E-state index contributed by atoms with van der Waals surface area (Å²) in [7, 11) is 0. The molecular weight excluding hydrogens is 244 g/mol. The number of nitrogens with one attached hydrogen (secondary N) is 2. The van der Waals surface area contributed by atoms with Gasteiger partial charge in [0.1, 0.15) is 0 Å². The van der Waals surface area contributed by atoms with Gasteiger partial charge in [-0.25, -0.2) is 0 Å². The summed E-state index contributed by atoms with van der Waals surface area (Å²) in [6.45, 7) is 2.80. The van der Waals surface area contributed by atoms with Crippen molar-refractivity contribution in [1.82, 2.24) is 10.6 Å². The Bertz CT molecular complexity index is 358. The van der Waals surface area contributed by atoms with Gasteiger partial charge in [0.05, 0.1) is 6.04 Å². The van der Waals surface area contributed by atoms with E-state index in [9.17, 15) is 4.79 Å². The second kappa shape index (κ2) is 6.90. The zero-order valence-electron chi connectivity index (χ0n) is 10.9. The maximum atomic E-state index is 11.9. The Morgan fingerprint density at radius 2 is 2.28 bits per heavy atom. The van der Waals surface area contributed by atoms with Gasteiger partial charge in [0.25, 0.3) is 0 Å². The first-order valence-corrected chi connectivity index (χ1v) is 7.70. The monoisotopic (exact) mass is 266 g/mol. The minimum absolute atomic E-state index is 0.0921. The van der Waals surface area contributed by atoms with Crippen molar-refractivity contribution >= 4 is 17.2 Å². The Kier molecular flexibility index (Phi) is 5.20. The van der Waals surface area contributed by atoms with Crippen molar-refractivity contribution in [2.75, 3.05) is 6.54 Å². The molecule has 0 radical (unpaired) electrons. The summed E-state index contributed by atoms with van der Waals surface area (Å²) in [5.41, 5.74) is 0. The predicted octanol–water partition coefficient (Wildman–Crippen LogP) is 2.33. The molecule has 3 nitrogen and oxygen atoms in total. The van der Waals surface area contributed by atoms with E-state index in [4.69, 9.17) is 0 Å². The summed E-state index contributed by atoms with van der Waals surface area (Å²) >= 11 is 1.77. The third-order valence-electron chi connectivity index (χ3n) is 3.50. The number of carbonyl (C=O) groups excluding carboxylic acids is 1. The summed E-state index contributed by atoms with van der Waals surface area (Å²) in [6.07, 6.45) is 5.80. The number of thiophene rings is 1. The Labute approximate surface area is 113 Å². The lowest BCUT2D eigenvalue weighted by Crippen LogP contribution is -2.46. The van der Waals surface area contributed by atoms with Crippen LogP contribution in [0.25, 0.3) is 0 Å². The smallest absolute Gasteiger partial charge is 0.237 e. The molecule has 0 aromatic carbocycles. The molecule has 1 aliphatic carbocycles. The molecule has 1 saturated carbocycles. The van der Waals surface area contributed by atoms with Gasteiger partial charge in [-0.05, 0) is 37.6 Å². The summed E-state index contributed by atoms with van der Waals surface area (Å²) in [5.74, 6) is 0.146. The fourth-order valence-corrected chi connectivity index (χ4v) is 3.06. The maximum absolute atomic E-state index is 11.9. The molecule has 2 N–H and O–H groups in total. The van der Waals surface area contributed by atoms with Crippen LogP contribution in [0.3, 0.4) is 0 Å². The molecule has 1 aromatic heterocycles. The van der Waals surface area contributed by atoms with E-state index in [0.717, 1.165) is 25.8 Å². The number of rotatable bonds is 6. The molecule has 1 heterocycles. The second-order valence-electron chi connectivity index (χ2n) is 5.00. The van der Waals surface area contributed by atoms with Gasteiger partial charge < -0.3 is 10.6 Å². The van der Waals surface area contributed by atoms with Gasteiger partial charge in [0, 0.05) is 17.5 Å². The van der Waals surface area contributed by atoms with Crippen LogP contribution in [0.5, 0.6) is 0 Å². The van der Waals surface area contributed by atoms with Crippen LogP contribution in [0.2, 0.25) is 0 Å². The number of carbonyl (C=O) groups is 1.